The number of hydrazine groups is 1. The quantitative estimate of drug-likeness (QED) is 0.430. The highest BCUT2D eigenvalue weighted by atomic mass is 15.4. The molecule has 0 atom stereocenters. The predicted octanol–water partition coefficient (Wildman–Crippen LogP) is -0.487. The summed E-state index contributed by atoms with van der Waals surface area (Å²) in [4.78, 5) is 3.93. The molecule has 3 nitrogen and oxygen atoms in total. The molecule has 7 heavy (non-hydrogen) atoms. The monoisotopic (exact) mass is 99.1 g/mol. The number of rotatable bonds is 0. The highest BCUT2D eigenvalue weighted by Crippen LogP contribution is 1.83. The summed E-state index contributed by atoms with van der Waals surface area (Å²) >= 11 is 0. The van der Waals surface area contributed by atoms with E-state index in [1.165, 1.54) is 0 Å². The van der Waals surface area contributed by atoms with Crippen molar-refractivity contribution in [2.24, 2.45) is 4.99 Å². The minimum absolute atomic E-state index is 1.01. The molecular formula is C4H9N3. The SMILES string of the molecule is CN=C1CCNN1. The standard InChI is InChI=1S/C4H9N3/c1-5-4-2-3-6-7-4/h6H,2-3H2,1H3,(H,5,7). The molecule has 0 amide bonds. The third-order valence-corrected chi connectivity index (χ3v) is 0.989. The Labute approximate surface area is 42.8 Å². The Kier molecular flexibility index (Phi) is 1.26. The zero-order valence-corrected chi connectivity index (χ0v) is 4.36. The number of nitrogens with zero attached hydrogens (tertiary/aromatic N) is 1. The van der Waals surface area contributed by atoms with E-state index in [1.54, 1.807) is 7.05 Å². The van der Waals surface area contributed by atoms with Gasteiger partial charge in [-0.2, -0.15) is 0 Å². The van der Waals surface area contributed by atoms with E-state index in [0.29, 0.717) is 0 Å². The van der Waals surface area contributed by atoms with Crippen molar-refractivity contribution in [3.05, 3.63) is 0 Å². The Balaban J connectivity index is 2.41. The maximum atomic E-state index is 3.93. The van der Waals surface area contributed by atoms with E-state index in [4.69, 9.17) is 0 Å². The minimum Gasteiger partial charge on any atom is -0.310 e. The van der Waals surface area contributed by atoms with Gasteiger partial charge >= 0.3 is 0 Å². The molecular weight excluding hydrogens is 90.1 g/mol. The molecule has 0 aliphatic carbocycles. The van der Waals surface area contributed by atoms with Gasteiger partial charge in [-0.1, -0.05) is 0 Å². The van der Waals surface area contributed by atoms with Crippen LogP contribution in [0.15, 0.2) is 4.99 Å². The van der Waals surface area contributed by atoms with E-state index in [0.717, 1.165) is 18.8 Å². The summed E-state index contributed by atoms with van der Waals surface area (Å²) in [6, 6.07) is 0. The van der Waals surface area contributed by atoms with E-state index >= 15 is 0 Å². The lowest BCUT2D eigenvalue weighted by atomic mass is 10.4. The highest BCUT2D eigenvalue weighted by Gasteiger charge is 2.01. The van der Waals surface area contributed by atoms with Gasteiger partial charge in [-0.05, 0) is 0 Å². The maximum absolute atomic E-state index is 3.93. The molecule has 1 aliphatic rings. The van der Waals surface area contributed by atoms with Gasteiger partial charge in [0.15, 0.2) is 0 Å². The van der Waals surface area contributed by atoms with Crippen molar-refractivity contribution >= 4 is 5.84 Å². The molecule has 0 aromatic heterocycles. The van der Waals surface area contributed by atoms with Crippen LogP contribution >= 0.6 is 0 Å². The summed E-state index contributed by atoms with van der Waals surface area (Å²) in [5.74, 6) is 1.06. The number of nitrogens with one attached hydrogen (secondary N) is 2. The fraction of sp³-hybridized carbons (Fsp3) is 0.750. The van der Waals surface area contributed by atoms with Crippen LogP contribution in [0.3, 0.4) is 0 Å². The van der Waals surface area contributed by atoms with Gasteiger partial charge in [0, 0.05) is 20.0 Å². The lowest BCUT2D eigenvalue weighted by molar-refractivity contribution is 0.742. The first kappa shape index (κ1) is 4.59. The second kappa shape index (κ2) is 1.93. The Morgan fingerprint density at radius 3 is 2.86 bits per heavy atom. The van der Waals surface area contributed by atoms with E-state index < -0.39 is 0 Å². The average Bonchev–Trinajstić information content (AvgIpc) is 2.14. The molecule has 0 saturated carbocycles. The van der Waals surface area contributed by atoms with Gasteiger partial charge in [0.05, 0.1) is 0 Å². The van der Waals surface area contributed by atoms with Gasteiger partial charge in [-0.3, -0.25) is 4.99 Å². The Bertz CT molecular complexity index is 78.9. The number of aliphatic imine (C=N–C) groups is 1. The highest BCUT2D eigenvalue weighted by molar-refractivity contribution is 5.83. The lowest BCUT2D eigenvalue weighted by Crippen LogP contribution is -2.25. The van der Waals surface area contributed by atoms with Crippen LogP contribution in [-0.4, -0.2) is 19.4 Å². The molecule has 2 N–H and O–H groups in total. The van der Waals surface area contributed by atoms with E-state index in [2.05, 4.69) is 15.8 Å². The summed E-state index contributed by atoms with van der Waals surface area (Å²) in [6.07, 6.45) is 1.04. The van der Waals surface area contributed by atoms with Crippen molar-refractivity contribution in [1.82, 2.24) is 10.9 Å². The molecule has 0 radical (unpaired) electrons. The fourth-order valence-electron chi connectivity index (χ4n) is 0.576. The van der Waals surface area contributed by atoms with Crippen molar-refractivity contribution in [3.63, 3.8) is 0 Å². The molecule has 1 heterocycles. The van der Waals surface area contributed by atoms with Gasteiger partial charge in [-0.25, -0.2) is 5.43 Å². The lowest BCUT2D eigenvalue weighted by Gasteiger charge is -1.90. The number of hydrogen-bond donors (Lipinski definition) is 2. The summed E-state index contributed by atoms with van der Waals surface area (Å²) < 4.78 is 0. The average molecular weight is 99.1 g/mol. The summed E-state index contributed by atoms with van der Waals surface area (Å²) in [6.45, 7) is 1.01. The van der Waals surface area contributed by atoms with Crippen LogP contribution in [0, 0.1) is 0 Å². The van der Waals surface area contributed by atoms with Crippen LogP contribution in [0.4, 0.5) is 0 Å². The second-order valence-corrected chi connectivity index (χ2v) is 1.47. The molecule has 1 aliphatic heterocycles. The number of amidine groups is 1. The minimum atomic E-state index is 1.01. The van der Waals surface area contributed by atoms with Crippen molar-refractivity contribution in [3.8, 4) is 0 Å². The van der Waals surface area contributed by atoms with Gasteiger partial charge in [0.25, 0.3) is 0 Å². The Hall–Kier alpha value is -0.570. The van der Waals surface area contributed by atoms with Gasteiger partial charge in [-0.15, -0.1) is 0 Å². The molecule has 40 valence electrons. The first-order valence-electron chi connectivity index (χ1n) is 2.38. The van der Waals surface area contributed by atoms with Gasteiger partial charge < -0.3 is 5.43 Å². The second-order valence-electron chi connectivity index (χ2n) is 1.47. The summed E-state index contributed by atoms with van der Waals surface area (Å²) in [5, 5.41) is 0. The fourth-order valence-corrected chi connectivity index (χ4v) is 0.576. The van der Waals surface area contributed by atoms with Crippen molar-refractivity contribution in [2.75, 3.05) is 13.6 Å². The third-order valence-electron chi connectivity index (χ3n) is 0.989. The van der Waals surface area contributed by atoms with Crippen LogP contribution in [0.5, 0.6) is 0 Å². The normalized spacial score (nSPS) is 25.6. The molecule has 0 bridgehead atoms. The van der Waals surface area contributed by atoms with Crippen LogP contribution in [-0.2, 0) is 0 Å². The zero-order chi connectivity index (χ0) is 5.11. The Morgan fingerprint density at radius 1 is 1.71 bits per heavy atom. The van der Waals surface area contributed by atoms with Crippen molar-refractivity contribution in [2.45, 2.75) is 6.42 Å². The van der Waals surface area contributed by atoms with Crippen LogP contribution in [0.25, 0.3) is 0 Å². The number of hydrogen-bond acceptors (Lipinski definition) is 2. The van der Waals surface area contributed by atoms with E-state index in [9.17, 15) is 0 Å². The molecule has 3 heteroatoms. The van der Waals surface area contributed by atoms with Crippen molar-refractivity contribution < 1.29 is 0 Å². The van der Waals surface area contributed by atoms with Crippen LogP contribution in [0.2, 0.25) is 0 Å². The van der Waals surface area contributed by atoms with E-state index in [-0.39, 0.29) is 0 Å². The molecule has 0 aromatic rings. The maximum Gasteiger partial charge on any atom is 0.111 e. The van der Waals surface area contributed by atoms with Crippen LogP contribution < -0.4 is 10.9 Å². The third kappa shape index (κ3) is 0.899. The molecule has 1 fully saturated rings. The largest absolute Gasteiger partial charge is 0.310 e. The smallest absolute Gasteiger partial charge is 0.111 e. The molecule has 0 aromatic carbocycles. The molecule has 0 spiro atoms. The van der Waals surface area contributed by atoms with Gasteiger partial charge in [0.1, 0.15) is 5.84 Å². The molecule has 1 rings (SSSR count). The van der Waals surface area contributed by atoms with E-state index in [1.807, 2.05) is 0 Å². The first-order chi connectivity index (χ1) is 3.43. The zero-order valence-electron chi connectivity index (χ0n) is 4.36. The Morgan fingerprint density at radius 2 is 2.57 bits per heavy atom. The van der Waals surface area contributed by atoms with Gasteiger partial charge in [0.2, 0.25) is 0 Å². The molecule has 1 saturated heterocycles. The summed E-state index contributed by atoms with van der Waals surface area (Å²) in [7, 11) is 1.79. The van der Waals surface area contributed by atoms with Crippen LogP contribution in [0.1, 0.15) is 6.42 Å². The molecule has 0 unspecified atom stereocenters. The first-order valence-corrected chi connectivity index (χ1v) is 2.38. The topological polar surface area (TPSA) is 36.4 Å². The predicted molar refractivity (Wildman–Crippen MR) is 29.1 cm³/mol. The summed E-state index contributed by atoms with van der Waals surface area (Å²) in [5.41, 5.74) is 5.85. The van der Waals surface area contributed by atoms with Crippen molar-refractivity contribution in [1.29, 1.82) is 0 Å².